The predicted molar refractivity (Wildman–Crippen MR) is 90.6 cm³/mol. The van der Waals surface area contributed by atoms with Gasteiger partial charge in [0.1, 0.15) is 5.75 Å². The minimum atomic E-state index is -0.566. The Bertz CT molecular complexity index is 539. The van der Waals surface area contributed by atoms with E-state index in [0.29, 0.717) is 12.4 Å². The largest absolute Gasteiger partial charge is 0.493 e. The van der Waals surface area contributed by atoms with Crippen molar-refractivity contribution in [2.75, 3.05) is 26.7 Å². The number of aliphatic hydroxyl groups is 1. The lowest BCUT2D eigenvalue weighted by molar-refractivity contribution is 0.0661. The molecule has 1 aromatic heterocycles. The van der Waals surface area contributed by atoms with Gasteiger partial charge < -0.3 is 25.5 Å². The lowest BCUT2D eigenvalue weighted by atomic mass is 9.87. The molecule has 1 unspecified atom stereocenters. The monoisotopic (exact) mass is 318 g/mol. The SMILES string of the molecule is CCOc1ccncc1C(O)C1CCN(/C(C=N)=C/NC)CC1. The van der Waals surface area contributed by atoms with Gasteiger partial charge in [0.05, 0.1) is 18.4 Å². The Morgan fingerprint density at radius 3 is 2.91 bits per heavy atom. The summed E-state index contributed by atoms with van der Waals surface area (Å²) in [6, 6.07) is 1.81. The van der Waals surface area contributed by atoms with Crippen molar-refractivity contribution < 1.29 is 9.84 Å². The lowest BCUT2D eigenvalue weighted by Crippen LogP contribution is -2.36. The van der Waals surface area contributed by atoms with Gasteiger partial charge in [0.15, 0.2) is 0 Å². The summed E-state index contributed by atoms with van der Waals surface area (Å²) >= 11 is 0. The number of nitrogens with zero attached hydrogens (tertiary/aromatic N) is 2. The highest BCUT2D eigenvalue weighted by atomic mass is 16.5. The Labute approximate surface area is 137 Å². The number of ether oxygens (including phenoxy) is 1. The number of nitrogens with one attached hydrogen (secondary N) is 2. The van der Waals surface area contributed by atoms with Crippen LogP contribution in [0.5, 0.6) is 5.75 Å². The van der Waals surface area contributed by atoms with Crippen LogP contribution in [0.3, 0.4) is 0 Å². The molecule has 1 saturated heterocycles. The van der Waals surface area contributed by atoms with E-state index in [0.717, 1.165) is 37.2 Å². The van der Waals surface area contributed by atoms with Gasteiger partial charge in [0.25, 0.3) is 0 Å². The van der Waals surface area contributed by atoms with E-state index in [1.54, 1.807) is 18.5 Å². The fourth-order valence-corrected chi connectivity index (χ4v) is 3.00. The van der Waals surface area contributed by atoms with Crippen molar-refractivity contribution in [1.29, 1.82) is 5.41 Å². The van der Waals surface area contributed by atoms with E-state index in [-0.39, 0.29) is 5.92 Å². The summed E-state index contributed by atoms with van der Waals surface area (Å²) in [6.07, 6.45) is 7.76. The highest BCUT2D eigenvalue weighted by Crippen LogP contribution is 2.35. The number of likely N-dealkylation sites (tertiary alicyclic amines) is 1. The molecular formula is C17H26N4O2. The second-order valence-electron chi connectivity index (χ2n) is 5.62. The fourth-order valence-electron chi connectivity index (χ4n) is 3.00. The predicted octanol–water partition coefficient (Wildman–Crippen LogP) is 1.94. The van der Waals surface area contributed by atoms with Gasteiger partial charge in [-0.3, -0.25) is 4.98 Å². The van der Waals surface area contributed by atoms with Crippen LogP contribution in [0.4, 0.5) is 0 Å². The van der Waals surface area contributed by atoms with Crippen molar-refractivity contribution in [3.63, 3.8) is 0 Å². The summed E-state index contributed by atoms with van der Waals surface area (Å²) in [5.41, 5.74) is 1.64. The Morgan fingerprint density at radius 2 is 2.30 bits per heavy atom. The van der Waals surface area contributed by atoms with Gasteiger partial charge in [0.2, 0.25) is 0 Å². The standard InChI is InChI=1S/C17H26N4O2/c1-3-23-16-4-7-20-12-15(16)17(22)13-5-8-21(9-6-13)14(10-18)11-19-2/h4,7,10-13,17-19,22H,3,5-6,8-9H2,1-2H3/b14-11+,18-10?. The van der Waals surface area contributed by atoms with Crippen molar-refractivity contribution in [3.8, 4) is 5.75 Å². The molecule has 1 atom stereocenters. The van der Waals surface area contributed by atoms with Gasteiger partial charge in [-0.15, -0.1) is 0 Å². The quantitative estimate of drug-likeness (QED) is 0.669. The van der Waals surface area contributed by atoms with E-state index in [1.165, 1.54) is 6.21 Å². The van der Waals surface area contributed by atoms with E-state index in [2.05, 4.69) is 15.2 Å². The molecule has 2 rings (SSSR count). The number of hydrogen-bond acceptors (Lipinski definition) is 6. The summed E-state index contributed by atoms with van der Waals surface area (Å²) in [5, 5.41) is 21.2. The van der Waals surface area contributed by atoms with Crippen LogP contribution in [-0.2, 0) is 0 Å². The molecule has 0 spiro atoms. The molecule has 6 nitrogen and oxygen atoms in total. The second-order valence-corrected chi connectivity index (χ2v) is 5.62. The van der Waals surface area contributed by atoms with Crippen LogP contribution in [0.25, 0.3) is 0 Å². The Morgan fingerprint density at radius 1 is 1.57 bits per heavy atom. The average Bonchev–Trinajstić information content (AvgIpc) is 2.60. The molecule has 1 aliphatic heterocycles. The van der Waals surface area contributed by atoms with E-state index < -0.39 is 6.10 Å². The molecule has 0 aromatic carbocycles. The topological polar surface area (TPSA) is 81.5 Å². The highest BCUT2D eigenvalue weighted by molar-refractivity contribution is 5.74. The molecule has 23 heavy (non-hydrogen) atoms. The minimum Gasteiger partial charge on any atom is -0.493 e. The molecule has 126 valence electrons. The van der Waals surface area contributed by atoms with Crippen LogP contribution in [0.15, 0.2) is 30.4 Å². The smallest absolute Gasteiger partial charge is 0.128 e. The zero-order valence-electron chi connectivity index (χ0n) is 13.8. The molecule has 0 aliphatic carbocycles. The first-order valence-corrected chi connectivity index (χ1v) is 8.08. The molecule has 3 N–H and O–H groups in total. The van der Waals surface area contributed by atoms with Crippen LogP contribution in [0.2, 0.25) is 0 Å². The number of allylic oxidation sites excluding steroid dienone is 1. The van der Waals surface area contributed by atoms with Crippen LogP contribution in [-0.4, -0.2) is 47.9 Å². The summed E-state index contributed by atoms with van der Waals surface area (Å²) in [4.78, 5) is 6.29. The average molecular weight is 318 g/mol. The summed E-state index contributed by atoms with van der Waals surface area (Å²) in [7, 11) is 1.83. The van der Waals surface area contributed by atoms with Gasteiger partial charge in [-0.1, -0.05) is 0 Å². The van der Waals surface area contributed by atoms with Crippen molar-refractivity contribution in [1.82, 2.24) is 15.2 Å². The maximum Gasteiger partial charge on any atom is 0.128 e. The van der Waals surface area contributed by atoms with E-state index in [4.69, 9.17) is 10.1 Å². The van der Waals surface area contributed by atoms with Gasteiger partial charge >= 0.3 is 0 Å². The van der Waals surface area contributed by atoms with Crippen LogP contribution >= 0.6 is 0 Å². The van der Waals surface area contributed by atoms with E-state index in [1.807, 2.05) is 20.2 Å². The van der Waals surface area contributed by atoms with Crippen LogP contribution in [0, 0.1) is 11.3 Å². The number of piperidine rings is 1. The molecular weight excluding hydrogens is 292 g/mol. The van der Waals surface area contributed by atoms with E-state index >= 15 is 0 Å². The summed E-state index contributed by atoms with van der Waals surface area (Å²) in [5.74, 6) is 0.893. The Kier molecular flexibility index (Phi) is 6.40. The molecule has 0 amide bonds. The normalized spacial score (nSPS) is 17.7. The van der Waals surface area contributed by atoms with Crippen LogP contribution < -0.4 is 10.1 Å². The Balaban J connectivity index is 2.02. The zero-order valence-corrected chi connectivity index (χ0v) is 13.8. The first-order valence-electron chi connectivity index (χ1n) is 8.08. The summed E-state index contributed by atoms with van der Waals surface area (Å²) in [6.45, 7) is 4.16. The zero-order chi connectivity index (χ0) is 16.7. The number of pyridine rings is 1. The molecule has 6 heteroatoms. The van der Waals surface area contributed by atoms with Gasteiger partial charge in [-0.2, -0.15) is 0 Å². The number of aliphatic hydroxyl groups excluding tert-OH is 1. The first kappa shape index (κ1) is 17.3. The molecule has 2 heterocycles. The molecule has 1 fully saturated rings. The number of hydrogen-bond donors (Lipinski definition) is 3. The van der Waals surface area contributed by atoms with Gasteiger partial charge in [-0.25, -0.2) is 0 Å². The van der Waals surface area contributed by atoms with E-state index in [9.17, 15) is 5.11 Å². The van der Waals surface area contributed by atoms with Crippen molar-refractivity contribution in [2.24, 2.45) is 5.92 Å². The van der Waals surface area contributed by atoms with Crippen molar-refractivity contribution in [3.05, 3.63) is 35.9 Å². The maximum absolute atomic E-state index is 10.7. The highest BCUT2D eigenvalue weighted by Gasteiger charge is 2.28. The van der Waals surface area contributed by atoms with Crippen molar-refractivity contribution in [2.45, 2.75) is 25.9 Å². The molecule has 1 aromatic rings. The molecule has 0 bridgehead atoms. The second kappa shape index (κ2) is 8.53. The van der Waals surface area contributed by atoms with Gasteiger partial charge in [-0.05, 0) is 31.7 Å². The minimum absolute atomic E-state index is 0.177. The third kappa shape index (κ3) is 4.22. The van der Waals surface area contributed by atoms with Crippen molar-refractivity contribution >= 4 is 6.21 Å². The molecule has 0 saturated carbocycles. The fraction of sp³-hybridized carbons (Fsp3) is 0.529. The third-order valence-corrected chi connectivity index (χ3v) is 4.22. The lowest BCUT2D eigenvalue weighted by Gasteiger charge is -2.36. The molecule has 0 radical (unpaired) electrons. The van der Waals surface area contributed by atoms with Gasteiger partial charge in [0, 0.05) is 50.5 Å². The van der Waals surface area contributed by atoms with Crippen LogP contribution in [0.1, 0.15) is 31.4 Å². The number of rotatable bonds is 7. The maximum atomic E-state index is 10.7. The Hall–Kier alpha value is -2.08. The first-order chi connectivity index (χ1) is 11.2. The summed E-state index contributed by atoms with van der Waals surface area (Å²) < 4.78 is 5.60. The third-order valence-electron chi connectivity index (χ3n) is 4.22. The number of aromatic nitrogens is 1. The molecule has 1 aliphatic rings.